The summed E-state index contributed by atoms with van der Waals surface area (Å²) in [4.78, 5) is 6.82. The number of piperidine rings is 1. The molecular formula is C14H26N4. The lowest BCUT2D eigenvalue weighted by molar-refractivity contribution is 0.122. The summed E-state index contributed by atoms with van der Waals surface area (Å²) in [7, 11) is 4.27. The fraction of sp³-hybridized carbons (Fsp3) is 0.786. The number of aromatic nitrogens is 2. The second-order valence-corrected chi connectivity index (χ2v) is 5.76. The van der Waals surface area contributed by atoms with Crippen LogP contribution in [0.1, 0.15) is 32.0 Å². The Morgan fingerprint density at radius 2 is 2.39 bits per heavy atom. The van der Waals surface area contributed by atoms with Crippen molar-refractivity contribution in [1.82, 2.24) is 19.8 Å². The topological polar surface area (TPSA) is 33.1 Å². The van der Waals surface area contributed by atoms with Gasteiger partial charge in [0, 0.05) is 32.5 Å². The predicted octanol–water partition coefficient (Wildman–Crippen LogP) is 1.63. The maximum Gasteiger partial charge on any atom is 0.122 e. The molecule has 2 rings (SSSR count). The quantitative estimate of drug-likeness (QED) is 0.862. The van der Waals surface area contributed by atoms with Gasteiger partial charge < -0.3 is 9.88 Å². The second-order valence-electron chi connectivity index (χ2n) is 5.76. The van der Waals surface area contributed by atoms with E-state index in [-0.39, 0.29) is 0 Å². The number of hydrogen-bond donors (Lipinski definition) is 1. The van der Waals surface area contributed by atoms with E-state index >= 15 is 0 Å². The molecule has 1 N–H and O–H groups in total. The Morgan fingerprint density at radius 1 is 1.56 bits per heavy atom. The number of nitrogens with one attached hydrogen (secondary N) is 1. The average Bonchev–Trinajstić information content (AvgIpc) is 2.76. The van der Waals surface area contributed by atoms with Crippen LogP contribution < -0.4 is 5.32 Å². The second kappa shape index (κ2) is 5.85. The van der Waals surface area contributed by atoms with E-state index in [1.54, 1.807) is 0 Å². The molecule has 0 bridgehead atoms. The molecule has 0 aliphatic carbocycles. The lowest BCUT2D eigenvalue weighted by Crippen LogP contribution is -2.46. The highest BCUT2D eigenvalue weighted by Gasteiger charge is 2.31. The maximum atomic E-state index is 4.40. The van der Waals surface area contributed by atoms with E-state index in [1.807, 2.05) is 12.4 Å². The van der Waals surface area contributed by atoms with Crippen molar-refractivity contribution in [2.24, 2.45) is 12.5 Å². The molecule has 4 nitrogen and oxygen atoms in total. The summed E-state index contributed by atoms with van der Waals surface area (Å²) in [5.41, 5.74) is 0.457. The molecule has 1 aliphatic rings. The van der Waals surface area contributed by atoms with Gasteiger partial charge in [-0.15, -0.1) is 0 Å². The van der Waals surface area contributed by atoms with E-state index in [2.05, 4.69) is 40.8 Å². The molecule has 0 saturated carbocycles. The Labute approximate surface area is 110 Å². The minimum atomic E-state index is 0.457. The largest absolute Gasteiger partial charge is 0.337 e. The Kier molecular flexibility index (Phi) is 4.40. The summed E-state index contributed by atoms with van der Waals surface area (Å²) in [5, 5.41) is 3.55. The van der Waals surface area contributed by atoms with Gasteiger partial charge in [-0.25, -0.2) is 4.98 Å². The van der Waals surface area contributed by atoms with E-state index in [0.29, 0.717) is 5.41 Å². The highest BCUT2D eigenvalue weighted by atomic mass is 15.2. The molecule has 1 atom stereocenters. The third-order valence-corrected chi connectivity index (χ3v) is 4.25. The highest BCUT2D eigenvalue weighted by Crippen LogP contribution is 2.30. The van der Waals surface area contributed by atoms with Crippen LogP contribution in [0.25, 0.3) is 0 Å². The summed E-state index contributed by atoms with van der Waals surface area (Å²) in [6, 6.07) is 0. The standard InChI is InChI=1S/C14H26N4/c1-4-14(6-5-7-15-11-14)12-17(2)10-13-16-8-9-18(13)3/h8-9,15H,4-7,10-12H2,1-3H3. The van der Waals surface area contributed by atoms with Gasteiger partial charge in [-0.2, -0.15) is 0 Å². The molecular weight excluding hydrogens is 224 g/mol. The molecule has 1 aromatic rings. The zero-order valence-electron chi connectivity index (χ0n) is 11.9. The van der Waals surface area contributed by atoms with Crippen molar-refractivity contribution in [3.63, 3.8) is 0 Å². The van der Waals surface area contributed by atoms with E-state index in [1.165, 1.54) is 25.8 Å². The van der Waals surface area contributed by atoms with Crippen LogP contribution in [0.4, 0.5) is 0 Å². The molecule has 4 heteroatoms. The fourth-order valence-electron chi connectivity index (χ4n) is 3.00. The lowest BCUT2D eigenvalue weighted by atomic mass is 9.78. The average molecular weight is 250 g/mol. The van der Waals surface area contributed by atoms with Crippen LogP contribution in [0, 0.1) is 5.41 Å². The summed E-state index contributed by atoms with van der Waals surface area (Å²) in [6.45, 7) is 6.76. The minimum Gasteiger partial charge on any atom is -0.337 e. The fourth-order valence-corrected chi connectivity index (χ4v) is 3.00. The summed E-state index contributed by atoms with van der Waals surface area (Å²) < 4.78 is 2.11. The minimum absolute atomic E-state index is 0.457. The molecule has 0 radical (unpaired) electrons. The Bertz CT molecular complexity index is 366. The number of aryl methyl sites for hydroxylation is 1. The SMILES string of the molecule is CCC1(CN(C)Cc2nccn2C)CCCNC1. The lowest BCUT2D eigenvalue weighted by Gasteiger charge is -2.39. The van der Waals surface area contributed by atoms with Crippen molar-refractivity contribution in [3.8, 4) is 0 Å². The van der Waals surface area contributed by atoms with Crippen molar-refractivity contribution in [1.29, 1.82) is 0 Å². The zero-order valence-corrected chi connectivity index (χ0v) is 11.9. The number of hydrogen-bond acceptors (Lipinski definition) is 3. The Hall–Kier alpha value is -0.870. The molecule has 2 heterocycles. The van der Waals surface area contributed by atoms with Crippen LogP contribution in [0.5, 0.6) is 0 Å². The molecule has 0 aromatic carbocycles. The predicted molar refractivity (Wildman–Crippen MR) is 74.4 cm³/mol. The van der Waals surface area contributed by atoms with E-state index in [4.69, 9.17) is 0 Å². The van der Waals surface area contributed by atoms with Crippen LogP contribution in [0.3, 0.4) is 0 Å². The van der Waals surface area contributed by atoms with Gasteiger partial charge in [0.15, 0.2) is 0 Å². The highest BCUT2D eigenvalue weighted by molar-refractivity contribution is 4.92. The van der Waals surface area contributed by atoms with Crippen LogP contribution in [0.2, 0.25) is 0 Å². The van der Waals surface area contributed by atoms with Gasteiger partial charge in [0.05, 0.1) is 6.54 Å². The van der Waals surface area contributed by atoms with E-state index in [9.17, 15) is 0 Å². The first kappa shape index (κ1) is 13.6. The first-order valence-electron chi connectivity index (χ1n) is 7.01. The molecule has 1 fully saturated rings. The summed E-state index contributed by atoms with van der Waals surface area (Å²) >= 11 is 0. The maximum absolute atomic E-state index is 4.40. The molecule has 0 spiro atoms. The smallest absolute Gasteiger partial charge is 0.122 e. The van der Waals surface area contributed by atoms with Crippen LogP contribution in [-0.2, 0) is 13.6 Å². The third-order valence-electron chi connectivity index (χ3n) is 4.25. The van der Waals surface area contributed by atoms with Crippen molar-refractivity contribution in [3.05, 3.63) is 18.2 Å². The monoisotopic (exact) mass is 250 g/mol. The summed E-state index contributed by atoms with van der Waals surface area (Å²) in [5.74, 6) is 1.15. The molecule has 102 valence electrons. The van der Waals surface area contributed by atoms with Crippen LogP contribution >= 0.6 is 0 Å². The van der Waals surface area contributed by atoms with Gasteiger partial charge >= 0.3 is 0 Å². The van der Waals surface area contributed by atoms with E-state index < -0.39 is 0 Å². The normalized spacial score (nSPS) is 24.7. The number of nitrogens with zero attached hydrogens (tertiary/aromatic N) is 3. The van der Waals surface area contributed by atoms with Crippen molar-refractivity contribution >= 4 is 0 Å². The Balaban J connectivity index is 1.93. The molecule has 0 amide bonds. The number of imidazole rings is 1. The van der Waals surface area contributed by atoms with Crippen LogP contribution in [0.15, 0.2) is 12.4 Å². The molecule has 1 saturated heterocycles. The Morgan fingerprint density at radius 3 is 2.94 bits per heavy atom. The van der Waals surface area contributed by atoms with Crippen LogP contribution in [-0.4, -0.2) is 41.1 Å². The molecule has 1 aromatic heterocycles. The first-order chi connectivity index (χ1) is 8.65. The van der Waals surface area contributed by atoms with Gasteiger partial charge in [0.25, 0.3) is 0 Å². The molecule has 1 aliphatic heterocycles. The van der Waals surface area contributed by atoms with Gasteiger partial charge in [-0.1, -0.05) is 6.92 Å². The van der Waals surface area contributed by atoms with Crippen molar-refractivity contribution in [2.45, 2.75) is 32.7 Å². The van der Waals surface area contributed by atoms with Gasteiger partial charge in [0.2, 0.25) is 0 Å². The van der Waals surface area contributed by atoms with E-state index in [0.717, 1.165) is 25.5 Å². The molecule has 18 heavy (non-hydrogen) atoms. The van der Waals surface area contributed by atoms with Gasteiger partial charge in [0.1, 0.15) is 5.82 Å². The van der Waals surface area contributed by atoms with Gasteiger partial charge in [-0.05, 0) is 38.3 Å². The summed E-state index contributed by atoms with van der Waals surface area (Å²) in [6.07, 6.45) is 7.80. The third kappa shape index (κ3) is 3.12. The first-order valence-corrected chi connectivity index (χ1v) is 7.01. The molecule has 1 unspecified atom stereocenters. The van der Waals surface area contributed by atoms with Gasteiger partial charge in [-0.3, -0.25) is 4.90 Å². The zero-order chi connectivity index (χ0) is 13.0. The van der Waals surface area contributed by atoms with Crippen molar-refractivity contribution < 1.29 is 0 Å². The number of rotatable bonds is 5. The van der Waals surface area contributed by atoms with Crippen molar-refractivity contribution in [2.75, 3.05) is 26.7 Å².